The zero-order valence-corrected chi connectivity index (χ0v) is 15.9. The lowest BCUT2D eigenvalue weighted by Gasteiger charge is -2.12. The number of hydrogen-bond acceptors (Lipinski definition) is 7. The topological polar surface area (TPSA) is 89.5 Å². The maximum absolute atomic E-state index is 12.0. The number of rotatable bonds is 8. The molecule has 2 rings (SSSR count). The second-order valence-corrected chi connectivity index (χ2v) is 6.40. The maximum atomic E-state index is 12.0. The van der Waals surface area contributed by atoms with Crippen molar-refractivity contribution < 1.29 is 19.1 Å². The summed E-state index contributed by atoms with van der Waals surface area (Å²) >= 11 is 7.29. The van der Waals surface area contributed by atoms with Gasteiger partial charge in [0.15, 0.2) is 17.4 Å². The van der Waals surface area contributed by atoms with Crippen molar-refractivity contribution in [2.45, 2.75) is 6.92 Å². The number of carbonyl (C=O) groups is 2. The van der Waals surface area contributed by atoms with E-state index in [1.807, 2.05) is 0 Å². The summed E-state index contributed by atoms with van der Waals surface area (Å²) in [5.74, 6) is -0.765. The minimum atomic E-state index is -0.678. The molecular formula is C17H18ClN3O4S. The van der Waals surface area contributed by atoms with Gasteiger partial charge in [-0.15, -0.1) is 17.9 Å². The molecule has 138 valence electrons. The molecule has 0 aliphatic rings. The van der Waals surface area contributed by atoms with Crippen molar-refractivity contribution in [2.75, 3.05) is 30.9 Å². The van der Waals surface area contributed by atoms with E-state index in [4.69, 9.17) is 21.1 Å². The molecule has 0 saturated carbocycles. The normalized spacial score (nSPS) is 10.1. The molecule has 0 fully saturated rings. The van der Waals surface area contributed by atoms with Gasteiger partial charge in [0, 0.05) is 23.0 Å². The van der Waals surface area contributed by atoms with E-state index in [2.05, 4.69) is 22.2 Å². The summed E-state index contributed by atoms with van der Waals surface area (Å²) in [6.07, 6.45) is 1.68. The number of thiazole rings is 1. The molecule has 1 aromatic carbocycles. The van der Waals surface area contributed by atoms with E-state index in [0.717, 1.165) is 5.56 Å². The van der Waals surface area contributed by atoms with Gasteiger partial charge in [0.1, 0.15) is 5.75 Å². The molecule has 2 N–H and O–H groups in total. The number of carbonyl (C=O) groups excluding carboxylic acids is 2. The van der Waals surface area contributed by atoms with E-state index in [1.54, 1.807) is 30.5 Å². The van der Waals surface area contributed by atoms with Crippen molar-refractivity contribution in [2.24, 2.45) is 0 Å². The van der Waals surface area contributed by atoms with Gasteiger partial charge in [0.05, 0.1) is 12.8 Å². The monoisotopic (exact) mass is 395 g/mol. The summed E-state index contributed by atoms with van der Waals surface area (Å²) in [6, 6.07) is 3.28. The summed E-state index contributed by atoms with van der Waals surface area (Å²) < 4.78 is 10.2. The minimum absolute atomic E-state index is 0.134. The van der Waals surface area contributed by atoms with Crippen LogP contribution in [-0.2, 0) is 9.53 Å². The average Bonchev–Trinajstić information content (AvgIpc) is 3.09. The largest absolute Gasteiger partial charge is 0.495 e. The Balaban J connectivity index is 1.92. The number of nitrogens with zero attached hydrogens (tertiary/aromatic N) is 1. The smallest absolute Gasteiger partial charge is 0.358 e. The second-order valence-electron chi connectivity index (χ2n) is 5.13. The van der Waals surface area contributed by atoms with Crippen LogP contribution >= 0.6 is 22.9 Å². The molecule has 0 aliphatic carbocycles. The van der Waals surface area contributed by atoms with Crippen molar-refractivity contribution in [1.29, 1.82) is 0 Å². The summed E-state index contributed by atoms with van der Waals surface area (Å²) in [6.45, 7) is 5.48. The van der Waals surface area contributed by atoms with Crippen LogP contribution in [0.25, 0.3) is 0 Å². The van der Waals surface area contributed by atoms with Gasteiger partial charge < -0.3 is 20.1 Å². The van der Waals surface area contributed by atoms with Gasteiger partial charge in [-0.05, 0) is 18.6 Å². The molecule has 26 heavy (non-hydrogen) atoms. The van der Waals surface area contributed by atoms with Crippen LogP contribution in [0.1, 0.15) is 16.1 Å². The number of aryl methyl sites for hydroxylation is 1. The van der Waals surface area contributed by atoms with E-state index < -0.39 is 18.5 Å². The first-order valence-electron chi connectivity index (χ1n) is 7.56. The number of methoxy groups -OCH3 is 1. The lowest BCUT2D eigenvalue weighted by molar-refractivity contribution is -0.119. The van der Waals surface area contributed by atoms with Crippen LogP contribution in [-0.4, -0.2) is 37.1 Å². The van der Waals surface area contributed by atoms with Gasteiger partial charge in [-0.2, -0.15) is 0 Å². The van der Waals surface area contributed by atoms with E-state index in [-0.39, 0.29) is 5.69 Å². The molecule has 0 bridgehead atoms. The van der Waals surface area contributed by atoms with Crippen molar-refractivity contribution in [3.8, 4) is 5.75 Å². The highest BCUT2D eigenvalue weighted by Crippen LogP contribution is 2.30. The summed E-state index contributed by atoms with van der Waals surface area (Å²) in [7, 11) is 1.47. The van der Waals surface area contributed by atoms with Crippen molar-refractivity contribution in [3.05, 3.63) is 46.4 Å². The highest BCUT2D eigenvalue weighted by Gasteiger charge is 2.15. The highest BCUT2D eigenvalue weighted by atomic mass is 35.5. The third-order valence-electron chi connectivity index (χ3n) is 3.20. The first kappa shape index (κ1) is 19.7. The van der Waals surface area contributed by atoms with Gasteiger partial charge in [-0.25, -0.2) is 9.78 Å². The van der Waals surface area contributed by atoms with Crippen molar-refractivity contribution >= 4 is 45.6 Å². The number of hydrogen-bond donors (Lipinski definition) is 2. The Bertz CT molecular complexity index is 822. The lowest BCUT2D eigenvalue weighted by Crippen LogP contribution is -2.21. The summed E-state index contributed by atoms with van der Waals surface area (Å²) in [5.41, 5.74) is 1.36. The Morgan fingerprint density at radius 3 is 2.88 bits per heavy atom. The quantitative estimate of drug-likeness (QED) is 0.525. The number of amides is 1. The van der Waals surface area contributed by atoms with Crippen LogP contribution in [0.15, 0.2) is 30.2 Å². The number of anilines is 2. The maximum Gasteiger partial charge on any atom is 0.358 e. The molecule has 1 amide bonds. The Hall–Kier alpha value is -2.58. The average molecular weight is 396 g/mol. The first-order chi connectivity index (χ1) is 12.4. The van der Waals surface area contributed by atoms with Crippen LogP contribution in [0.2, 0.25) is 5.02 Å². The molecule has 7 nitrogen and oxygen atoms in total. The number of halogens is 1. The number of ether oxygens (including phenoxy) is 2. The van der Waals surface area contributed by atoms with Gasteiger partial charge in [-0.1, -0.05) is 17.7 Å². The third-order valence-corrected chi connectivity index (χ3v) is 4.41. The van der Waals surface area contributed by atoms with Crippen LogP contribution in [0, 0.1) is 6.92 Å². The minimum Gasteiger partial charge on any atom is -0.495 e. The zero-order chi connectivity index (χ0) is 19.1. The Kier molecular flexibility index (Phi) is 6.99. The van der Waals surface area contributed by atoms with E-state index in [0.29, 0.717) is 28.1 Å². The predicted octanol–water partition coefficient (Wildman–Crippen LogP) is 3.51. The van der Waals surface area contributed by atoms with Gasteiger partial charge in [0.25, 0.3) is 5.91 Å². The molecule has 0 spiro atoms. The highest BCUT2D eigenvalue weighted by molar-refractivity contribution is 7.13. The van der Waals surface area contributed by atoms with Crippen LogP contribution in [0.5, 0.6) is 5.75 Å². The zero-order valence-electron chi connectivity index (χ0n) is 14.3. The Labute approximate surface area is 160 Å². The number of esters is 1. The Morgan fingerprint density at radius 1 is 1.42 bits per heavy atom. The van der Waals surface area contributed by atoms with E-state index in [9.17, 15) is 9.59 Å². The third kappa shape index (κ3) is 5.21. The lowest BCUT2D eigenvalue weighted by atomic mass is 10.2. The SMILES string of the molecule is C=CCNc1nc(C(=O)OCC(=O)Nc2cc(C)c(Cl)cc2OC)cs1. The number of nitrogens with one attached hydrogen (secondary N) is 2. The molecule has 2 aromatic rings. The molecule has 1 heterocycles. The second kappa shape index (κ2) is 9.21. The number of benzene rings is 1. The van der Waals surface area contributed by atoms with Gasteiger partial charge in [-0.3, -0.25) is 4.79 Å². The molecule has 9 heteroatoms. The van der Waals surface area contributed by atoms with Crippen LogP contribution in [0.3, 0.4) is 0 Å². The first-order valence-corrected chi connectivity index (χ1v) is 8.81. The standard InChI is InChI=1S/C17H18ClN3O4S/c1-4-5-19-17-21-13(9-26-17)16(23)25-8-15(22)20-12-6-10(2)11(18)7-14(12)24-3/h4,6-7,9H,1,5,8H2,2-3H3,(H,19,21)(H,20,22). The summed E-state index contributed by atoms with van der Waals surface area (Å²) in [4.78, 5) is 28.1. The number of aromatic nitrogens is 1. The van der Waals surface area contributed by atoms with Crippen LogP contribution in [0.4, 0.5) is 10.8 Å². The van der Waals surface area contributed by atoms with Crippen molar-refractivity contribution in [3.63, 3.8) is 0 Å². The molecule has 0 saturated heterocycles. The van der Waals surface area contributed by atoms with Gasteiger partial charge in [0.2, 0.25) is 0 Å². The van der Waals surface area contributed by atoms with Crippen molar-refractivity contribution in [1.82, 2.24) is 4.98 Å². The fourth-order valence-electron chi connectivity index (χ4n) is 1.93. The molecule has 0 unspecified atom stereocenters. The molecule has 1 aromatic heterocycles. The predicted molar refractivity (Wildman–Crippen MR) is 102 cm³/mol. The van der Waals surface area contributed by atoms with Gasteiger partial charge >= 0.3 is 5.97 Å². The molecule has 0 radical (unpaired) electrons. The fourth-order valence-corrected chi connectivity index (χ4v) is 2.77. The fraction of sp³-hybridized carbons (Fsp3) is 0.235. The molecule has 0 aliphatic heterocycles. The van der Waals surface area contributed by atoms with Crippen LogP contribution < -0.4 is 15.4 Å². The van der Waals surface area contributed by atoms with E-state index >= 15 is 0 Å². The molecule has 0 atom stereocenters. The van der Waals surface area contributed by atoms with E-state index in [1.165, 1.54) is 18.4 Å². The Morgan fingerprint density at radius 2 is 2.19 bits per heavy atom. The molecular weight excluding hydrogens is 378 g/mol. The summed E-state index contributed by atoms with van der Waals surface area (Å²) in [5, 5.41) is 8.24.